The van der Waals surface area contributed by atoms with Crippen molar-refractivity contribution in [1.29, 1.82) is 0 Å². The second-order valence-electron chi connectivity index (χ2n) is 8.12. The number of nitrogens with zero attached hydrogens (tertiary/aromatic N) is 1. The number of amides is 1. The topological polar surface area (TPSA) is 77.1 Å². The van der Waals surface area contributed by atoms with E-state index >= 15 is 0 Å². The molecule has 7 nitrogen and oxygen atoms in total. The zero-order chi connectivity index (χ0) is 24.7. The lowest BCUT2D eigenvalue weighted by Crippen LogP contribution is -2.41. The molecule has 0 aliphatic carbocycles. The van der Waals surface area contributed by atoms with Crippen LogP contribution in [0.3, 0.4) is 0 Å². The highest BCUT2D eigenvalue weighted by atomic mass is 19.1. The van der Waals surface area contributed by atoms with E-state index in [1.165, 1.54) is 12.1 Å². The third-order valence-corrected chi connectivity index (χ3v) is 5.75. The fourth-order valence-corrected chi connectivity index (χ4v) is 4.25. The number of fused-ring (bicyclic) bond motifs is 1. The Hall–Kier alpha value is -3.13. The van der Waals surface area contributed by atoms with Gasteiger partial charge in [0.05, 0.1) is 32.8 Å². The third kappa shape index (κ3) is 6.26. The number of esters is 1. The number of rotatable bonds is 10. The molecule has 0 spiro atoms. The standard InChI is InChI=1S/C26H33FN2O5/c1-5-32-23-13-18-10-11-29(16-25(30)28-21-9-8-19(27)12-17(21)4)22(15-26(31)34-7-3)20(18)14-24(23)33-6-2/h8-9,12-14,22H,5-7,10-11,15-16H2,1-4H3,(H,28,30)/t22-/m1/s1. The quantitative estimate of drug-likeness (QED) is 0.516. The minimum absolute atomic E-state index is 0.0809. The summed E-state index contributed by atoms with van der Waals surface area (Å²) in [4.78, 5) is 27.3. The summed E-state index contributed by atoms with van der Waals surface area (Å²) in [7, 11) is 0. The Labute approximate surface area is 200 Å². The van der Waals surface area contributed by atoms with E-state index in [9.17, 15) is 14.0 Å². The molecule has 2 aromatic carbocycles. The van der Waals surface area contributed by atoms with Gasteiger partial charge in [-0.15, -0.1) is 0 Å². The number of hydrogen-bond acceptors (Lipinski definition) is 6. The first-order valence-electron chi connectivity index (χ1n) is 11.7. The predicted molar refractivity (Wildman–Crippen MR) is 128 cm³/mol. The van der Waals surface area contributed by atoms with Crippen molar-refractivity contribution in [2.75, 3.05) is 38.2 Å². The van der Waals surface area contributed by atoms with E-state index in [0.717, 1.165) is 11.1 Å². The van der Waals surface area contributed by atoms with Gasteiger partial charge in [0, 0.05) is 18.3 Å². The molecular formula is C26H33FN2O5. The molecule has 8 heteroatoms. The van der Waals surface area contributed by atoms with E-state index < -0.39 is 0 Å². The Kier molecular flexibility index (Phi) is 8.87. The molecule has 1 aliphatic rings. The number of ether oxygens (including phenoxy) is 3. The van der Waals surface area contributed by atoms with Crippen LogP contribution in [-0.2, 0) is 20.7 Å². The number of carbonyl (C=O) groups is 2. The Bertz CT molecular complexity index is 1030. The first-order valence-corrected chi connectivity index (χ1v) is 11.7. The average Bonchev–Trinajstić information content (AvgIpc) is 2.78. The van der Waals surface area contributed by atoms with E-state index in [4.69, 9.17) is 14.2 Å². The Morgan fingerprint density at radius 1 is 1.06 bits per heavy atom. The lowest BCUT2D eigenvalue weighted by Gasteiger charge is -2.37. The first kappa shape index (κ1) is 25.5. The molecule has 0 fully saturated rings. The van der Waals surface area contributed by atoms with Crippen molar-refractivity contribution < 1.29 is 28.2 Å². The molecule has 0 radical (unpaired) electrons. The van der Waals surface area contributed by atoms with Crippen molar-refractivity contribution in [2.45, 2.75) is 46.6 Å². The smallest absolute Gasteiger partial charge is 0.307 e. The zero-order valence-electron chi connectivity index (χ0n) is 20.3. The van der Waals surface area contributed by atoms with Gasteiger partial charge in [0.2, 0.25) is 5.91 Å². The average molecular weight is 473 g/mol. The summed E-state index contributed by atoms with van der Waals surface area (Å²) in [6.45, 7) is 9.28. The second kappa shape index (κ2) is 11.8. The molecule has 0 unspecified atom stereocenters. The van der Waals surface area contributed by atoms with Crippen LogP contribution in [-0.4, -0.2) is 49.7 Å². The van der Waals surface area contributed by atoms with Gasteiger partial charge in [0.15, 0.2) is 11.5 Å². The number of carbonyl (C=O) groups excluding carboxylic acids is 2. The van der Waals surface area contributed by atoms with E-state index in [1.807, 2.05) is 30.9 Å². The Balaban J connectivity index is 1.87. The third-order valence-electron chi connectivity index (χ3n) is 5.75. The SMILES string of the molecule is CCOC(=O)C[C@@H]1c2cc(OCC)c(OCC)cc2CCN1CC(=O)Nc1ccc(F)cc1C. The Morgan fingerprint density at radius 2 is 1.76 bits per heavy atom. The highest BCUT2D eigenvalue weighted by molar-refractivity contribution is 5.93. The van der Waals surface area contributed by atoms with Crippen molar-refractivity contribution in [1.82, 2.24) is 4.90 Å². The monoisotopic (exact) mass is 472 g/mol. The number of aryl methyl sites for hydroxylation is 1. The van der Waals surface area contributed by atoms with Crippen LogP contribution >= 0.6 is 0 Å². The molecule has 184 valence electrons. The molecule has 1 aliphatic heterocycles. The molecule has 2 aromatic rings. The zero-order valence-corrected chi connectivity index (χ0v) is 20.3. The van der Waals surface area contributed by atoms with Crippen LogP contribution in [0, 0.1) is 12.7 Å². The number of anilines is 1. The molecule has 1 atom stereocenters. The molecule has 3 rings (SSSR count). The van der Waals surface area contributed by atoms with E-state index in [2.05, 4.69) is 5.32 Å². The summed E-state index contributed by atoms with van der Waals surface area (Å²) in [5, 5.41) is 2.86. The minimum atomic E-state index is -0.353. The summed E-state index contributed by atoms with van der Waals surface area (Å²) in [5.41, 5.74) is 3.19. The van der Waals surface area contributed by atoms with Gasteiger partial charge in [0.25, 0.3) is 0 Å². The van der Waals surface area contributed by atoms with Crippen molar-refractivity contribution in [3.63, 3.8) is 0 Å². The Morgan fingerprint density at radius 3 is 2.41 bits per heavy atom. The molecule has 0 saturated carbocycles. The van der Waals surface area contributed by atoms with Crippen molar-refractivity contribution in [3.05, 3.63) is 52.8 Å². The highest BCUT2D eigenvalue weighted by Crippen LogP contribution is 2.40. The van der Waals surface area contributed by atoms with Gasteiger partial charge in [-0.2, -0.15) is 0 Å². The molecule has 1 N–H and O–H groups in total. The number of halogens is 1. The summed E-state index contributed by atoms with van der Waals surface area (Å²) in [6, 6.07) is 7.78. The summed E-state index contributed by atoms with van der Waals surface area (Å²) in [6.07, 6.45) is 0.813. The first-order chi connectivity index (χ1) is 16.4. The fraction of sp³-hybridized carbons (Fsp3) is 0.462. The van der Waals surface area contributed by atoms with Crippen LogP contribution < -0.4 is 14.8 Å². The van der Waals surface area contributed by atoms with Crippen LogP contribution in [0.25, 0.3) is 0 Å². The van der Waals surface area contributed by atoms with Crippen LogP contribution in [0.1, 0.15) is 49.9 Å². The molecule has 34 heavy (non-hydrogen) atoms. The minimum Gasteiger partial charge on any atom is -0.490 e. The second-order valence-corrected chi connectivity index (χ2v) is 8.12. The maximum atomic E-state index is 13.4. The van der Waals surface area contributed by atoms with Crippen LogP contribution in [0.5, 0.6) is 11.5 Å². The van der Waals surface area contributed by atoms with Gasteiger partial charge in [-0.3, -0.25) is 14.5 Å². The van der Waals surface area contributed by atoms with Crippen molar-refractivity contribution >= 4 is 17.6 Å². The molecule has 1 heterocycles. The van der Waals surface area contributed by atoms with Gasteiger partial charge in [0.1, 0.15) is 5.82 Å². The van der Waals surface area contributed by atoms with Crippen LogP contribution in [0.15, 0.2) is 30.3 Å². The number of hydrogen-bond donors (Lipinski definition) is 1. The molecule has 0 saturated heterocycles. The fourth-order valence-electron chi connectivity index (χ4n) is 4.25. The van der Waals surface area contributed by atoms with Crippen molar-refractivity contribution in [3.8, 4) is 11.5 Å². The molecule has 1 amide bonds. The normalized spacial score (nSPS) is 15.4. The predicted octanol–water partition coefficient (Wildman–Crippen LogP) is 4.42. The molecular weight excluding hydrogens is 439 g/mol. The summed E-state index contributed by atoms with van der Waals surface area (Å²) >= 11 is 0. The van der Waals surface area contributed by atoms with Gasteiger partial charge >= 0.3 is 5.97 Å². The van der Waals surface area contributed by atoms with E-state index in [0.29, 0.717) is 48.9 Å². The van der Waals surface area contributed by atoms with E-state index in [-0.39, 0.29) is 43.3 Å². The van der Waals surface area contributed by atoms with E-state index in [1.54, 1.807) is 19.9 Å². The maximum Gasteiger partial charge on any atom is 0.307 e. The molecule has 0 aromatic heterocycles. The van der Waals surface area contributed by atoms with Gasteiger partial charge < -0.3 is 19.5 Å². The van der Waals surface area contributed by atoms with Crippen molar-refractivity contribution in [2.24, 2.45) is 0 Å². The van der Waals surface area contributed by atoms with Gasteiger partial charge in [-0.25, -0.2) is 4.39 Å². The summed E-state index contributed by atoms with van der Waals surface area (Å²) < 4.78 is 30.2. The maximum absolute atomic E-state index is 13.4. The van der Waals surface area contributed by atoms with Gasteiger partial charge in [-0.05, 0) is 81.1 Å². The lowest BCUT2D eigenvalue weighted by molar-refractivity contribution is -0.145. The van der Waals surface area contributed by atoms with Gasteiger partial charge in [-0.1, -0.05) is 0 Å². The number of nitrogens with one attached hydrogen (secondary N) is 1. The van der Waals surface area contributed by atoms with Crippen LogP contribution in [0.4, 0.5) is 10.1 Å². The molecule has 0 bridgehead atoms. The van der Waals surface area contributed by atoms with Crippen LogP contribution in [0.2, 0.25) is 0 Å². The summed E-state index contributed by atoms with van der Waals surface area (Å²) in [5.74, 6) is 0.380. The lowest BCUT2D eigenvalue weighted by atomic mass is 9.90. The highest BCUT2D eigenvalue weighted by Gasteiger charge is 2.32. The number of benzene rings is 2. The largest absolute Gasteiger partial charge is 0.490 e.